The van der Waals surface area contributed by atoms with Gasteiger partial charge in [-0.1, -0.05) is 12.1 Å². The molecule has 0 amide bonds. The quantitative estimate of drug-likeness (QED) is 0.666. The summed E-state index contributed by atoms with van der Waals surface area (Å²) in [5.74, 6) is 0. The van der Waals surface area contributed by atoms with Crippen LogP contribution >= 0.6 is 0 Å². The molecule has 22 heavy (non-hydrogen) atoms. The molecular formula is C17H22N4O. The molecule has 5 nitrogen and oxygen atoms in total. The van der Waals surface area contributed by atoms with Crippen molar-refractivity contribution in [1.82, 2.24) is 19.9 Å². The summed E-state index contributed by atoms with van der Waals surface area (Å²) in [5.41, 5.74) is 1.18. The van der Waals surface area contributed by atoms with Crippen molar-refractivity contribution in [3.63, 3.8) is 0 Å². The van der Waals surface area contributed by atoms with Crippen molar-refractivity contribution in [2.75, 3.05) is 13.6 Å². The zero-order valence-electron chi connectivity index (χ0n) is 12.9. The number of likely N-dealkylation sites (N-methyl/N-ethyl adjacent to an activating group) is 1. The molecule has 116 valence electrons. The Morgan fingerprint density at radius 1 is 1.27 bits per heavy atom. The Hall–Kier alpha value is -2.27. The van der Waals surface area contributed by atoms with Crippen molar-refractivity contribution in [1.29, 1.82) is 0 Å². The highest BCUT2D eigenvalue weighted by Gasteiger charge is 2.14. The Labute approximate surface area is 131 Å². The Kier molecular flexibility index (Phi) is 6.51. The second-order valence-electron chi connectivity index (χ2n) is 5.20. The monoisotopic (exact) mass is 298 g/mol. The molecule has 0 N–H and O–H groups in total. The molecule has 2 heterocycles. The van der Waals surface area contributed by atoms with Gasteiger partial charge >= 0.3 is 6.01 Å². The average molecular weight is 298 g/mol. The van der Waals surface area contributed by atoms with Crippen molar-refractivity contribution in [2.24, 2.45) is 0 Å². The summed E-state index contributed by atoms with van der Waals surface area (Å²) in [5, 5.41) is 0. The van der Waals surface area contributed by atoms with Crippen molar-refractivity contribution >= 4 is 0 Å². The lowest BCUT2D eigenvalue weighted by Crippen LogP contribution is -2.33. The minimum Gasteiger partial charge on any atom is -0.459 e. The summed E-state index contributed by atoms with van der Waals surface area (Å²) in [6, 6.07) is 6.22. The summed E-state index contributed by atoms with van der Waals surface area (Å²) in [7, 11) is 2.07. The number of aromatic nitrogens is 3. The number of ether oxygens (including phenoxy) is 1. The molecule has 0 aliphatic heterocycles. The number of hydrogen-bond acceptors (Lipinski definition) is 5. The van der Waals surface area contributed by atoms with Crippen LogP contribution in [0.4, 0.5) is 0 Å². The minimum atomic E-state index is 0.0297. The van der Waals surface area contributed by atoms with Gasteiger partial charge in [-0.2, -0.15) is 0 Å². The largest absolute Gasteiger partial charge is 0.459 e. The molecule has 0 spiro atoms. The third-order valence-corrected chi connectivity index (χ3v) is 3.20. The Bertz CT molecular complexity index is 547. The molecular weight excluding hydrogens is 276 g/mol. The lowest BCUT2D eigenvalue weighted by Gasteiger charge is -2.24. The van der Waals surface area contributed by atoms with E-state index in [-0.39, 0.29) is 6.10 Å². The fourth-order valence-electron chi connectivity index (χ4n) is 2.20. The highest BCUT2D eigenvalue weighted by molar-refractivity contribution is 5.08. The predicted octanol–water partition coefficient (Wildman–Crippen LogP) is 2.72. The van der Waals surface area contributed by atoms with Gasteiger partial charge in [0, 0.05) is 37.9 Å². The maximum atomic E-state index is 5.90. The molecule has 0 bridgehead atoms. The molecule has 0 saturated carbocycles. The molecule has 0 aliphatic carbocycles. The Morgan fingerprint density at radius 3 is 2.77 bits per heavy atom. The number of hydrogen-bond donors (Lipinski definition) is 0. The SMILES string of the molecule is C=CCC[C@@H](CN(C)Cc1cccnc1)Oc1ncccn1. The van der Waals surface area contributed by atoms with E-state index in [0.717, 1.165) is 25.9 Å². The van der Waals surface area contributed by atoms with E-state index in [4.69, 9.17) is 4.74 Å². The Balaban J connectivity index is 1.92. The fourth-order valence-corrected chi connectivity index (χ4v) is 2.20. The first-order chi connectivity index (χ1) is 10.8. The molecule has 5 heteroatoms. The summed E-state index contributed by atoms with van der Waals surface area (Å²) in [4.78, 5) is 14.6. The molecule has 0 aliphatic rings. The van der Waals surface area contributed by atoms with Crippen molar-refractivity contribution < 1.29 is 4.74 Å². The topological polar surface area (TPSA) is 51.1 Å². The second kappa shape index (κ2) is 8.89. The summed E-state index contributed by atoms with van der Waals surface area (Å²) in [6.07, 6.45) is 10.8. The fraction of sp³-hybridized carbons (Fsp3) is 0.353. The number of nitrogens with zero attached hydrogens (tertiary/aromatic N) is 4. The lowest BCUT2D eigenvalue weighted by molar-refractivity contribution is 0.126. The number of allylic oxidation sites excluding steroid dienone is 1. The van der Waals surface area contributed by atoms with Crippen LogP contribution in [0.5, 0.6) is 6.01 Å². The maximum absolute atomic E-state index is 5.90. The van der Waals surface area contributed by atoms with Crippen molar-refractivity contribution in [3.8, 4) is 6.01 Å². The number of rotatable bonds is 9. The highest BCUT2D eigenvalue weighted by Crippen LogP contribution is 2.10. The molecule has 2 rings (SSSR count). The van der Waals surface area contributed by atoms with E-state index in [2.05, 4.69) is 39.5 Å². The van der Waals surface area contributed by atoms with Gasteiger partial charge in [-0.05, 0) is 37.6 Å². The smallest absolute Gasteiger partial charge is 0.316 e. The van der Waals surface area contributed by atoms with Crippen molar-refractivity contribution in [3.05, 3.63) is 61.2 Å². The van der Waals surface area contributed by atoms with Crippen LogP contribution in [0.15, 0.2) is 55.6 Å². The van der Waals surface area contributed by atoms with Gasteiger partial charge in [-0.25, -0.2) is 9.97 Å². The third kappa shape index (κ3) is 5.61. The average Bonchev–Trinajstić information content (AvgIpc) is 2.54. The van der Waals surface area contributed by atoms with Crippen LogP contribution in [-0.4, -0.2) is 39.5 Å². The lowest BCUT2D eigenvalue weighted by atomic mass is 10.1. The van der Waals surface area contributed by atoms with Crippen molar-refractivity contribution in [2.45, 2.75) is 25.5 Å². The first-order valence-electron chi connectivity index (χ1n) is 7.40. The van der Waals surface area contributed by atoms with Crippen LogP contribution in [0.25, 0.3) is 0 Å². The highest BCUT2D eigenvalue weighted by atomic mass is 16.5. The van der Waals surface area contributed by atoms with E-state index in [0.29, 0.717) is 6.01 Å². The van der Waals surface area contributed by atoms with E-state index in [1.54, 1.807) is 24.7 Å². The molecule has 2 aromatic heterocycles. The first-order valence-corrected chi connectivity index (χ1v) is 7.40. The molecule has 0 radical (unpaired) electrons. The molecule has 2 aromatic rings. The van der Waals surface area contributed by atoms with E-state index in [9.17, 15) is 0 Å². The summed E-state index contributed by atoms with van der Waals surface area (Å²) >= 11 is 0. The van der Waals surface area contributed by atoms with Gasteiger partial charge in [0.1, 0.15) is 6.10 Å². The van der Waals surface area contributed by atoms with Gasteiger partial charge in [0.2, 0.25) is 0 Å². The minimum absolute atomic E-state index is 0.0297. The molecule has 0 saturated heterocycles. The Morgan fingerprint density at radius 2 is 2.09 bits per heavy atom. The van der Waals surface area contributed by atoms with E-state index < -0.39 is 0 Å². The van der Waals surface area contributed by atoms with E-state index >= 15 is 0 Å². The van der Waals surface area contributed by atoms with Crippen LogP contribution in [0.3, 0.4) is 0 Å². The van der Waals surface area contributed by atoms with Crippen LogP contribution in [0, 0.1) is 0 Å². The molecule has 1 atom stereocenters. The number of pyridine rings is 1. The third-order valence-electron chi connectivity index (χ3n) is 3.20. The van der Waals surface area contributed by atoms with Gasteiger partial charge in [0.15, 0.2) is 0 Å². The normalized spacial score (nSPS) is 12.1. The van der Waals surface area contributed by atoms with Gasteiger partial charge < -0.3 is 4.74 Å². The summed E-state index contributed by atoms with van der Waals surface area (Å²) in [6.45, 7) is 5.40. The maximum Gasteiger partial charge on any atom is 0.316 e. The first kappa shape index (κ1) is 16.1. The molecule has 0 fully saturated rings. The van der Waals surface area contributed by atoms with Gasteiger partial charge in [-0.3, -0.25) is 9.88 Å². The zero-order chi connectivity index (χ0) is 15.6. The van der Waals surface area contributed by atoms with Crippen LogP contribution in [-0.2, 0) is 6.54 Å². The van der Waals surface area contributed by atoms with Crippen LogP contribution in [0.2, 0.25) is 0 Å². The summed E-state index contributed by atoms with van der Waals surface area (Å²) < 4.78 is 5.90. The second-order valence-corrected chi connectivity index (χ2v) is 5.20. The zero-order valence-corrected chi connectivity index (χ0v) is 12.9. The molecule has 0 aromatic carbocycles. The van der Waals surface area contributed by atoms with Gasteiger partial charge in [0.25, 0.3) is 0 Å². The molecule has 0 unspecified atom stereocenters. The van der Waals surface area contributed by atoms with E-state index in [1.165, 1.54) is 5.56 Å². The van der Waals surface area contributed by atoms with Gasteiger partial charge in [0.05, 0.1) is 0 Å². The van der Waals surface area contributed by atoms with Crippen LogP contribution in [0.1, 0.15) is 18.4 Å². The van der Waals surface area contributed by atoms with E-state index in [1.807, 2.05) is 18.3 Å². The predicted molar refractivity (Wildman–Crippen MR) is 86.5 cm³/mol. The van der Waals surface area contributed by atoms with Crippen LogP contribution < -0.4 is 4.74 Å². The van der Waals surface area contributed by atoms with Gasteiger partial charge in [-0.15, -0.1) is 6.58 Å². The standard InChI is InChI=1S/C17H22N4O/c1-3-4-8-16(22-17-19-10-6-11-20-17)14-21(2)13-15-7-5-9-18-12-15/h3,5-7,9-12,16H,1,4,8,13-14H2,2H3/t16-/m0/s1.